The fourth-order valence-electron chi connectivity index (χ4n) is 2.83. The van der Waals surface area contributed by atoms with Gasteiger partial charge in [0.1, 0.15) is 0 Å². The Morgan fingerprint density at radius 3 is 2.60 bits per heavy atom. The minimum absolute atomic E-state index is 0.0367. The molecule has 0 amide bonds. The Balaban J connectivity index is 0.000000346. The molecule has 1 aliphatic rings. The van der Waals surface area contributed by atoms with E-state index in [1.54, 1.807) is 6.08 Å². The number of Topliss-reactive ketones (excluding diaryl/α,β-unsaturated/α-hetero) is 1. The van der Waals surface area contributed by atoms with Gasteiger partial charge in [0.15, 0.2) is 5.78 Å². The molecule has 0 aromatic heterocycles. The van der Waals surface area contributed by atoms with Crippen molar-refractivity contribution in [2.45, 2.75) is 59.0 Å². The predicted octanol–water partition coefficient (Wildman–Crippen LogP) is 4.79. The van der Waals surface area contributed by atoms with Crippen molar-refractivity contribution in [1.82, 2.24) is 0 Å². The van der Waals surface area contributed by atoms with Gasteiger partial charge < -0.3 is 14.4 Å². The second-order valence-corrected chi connectivity index (χ2v) is 7.36. The monoisotopic (exact) mass is 411 g/mol. The third kappa shape index (κ3) is 12.1. The maximum Gasteiger partial charge on any atom is 0.569 e. The first-order chi connectivity index (χ1) is 14.4. The highest BCUT2D eigenvalue weighted by Crippen LogP contribution is 2.22. The average molecular weight is 411 g/mol. The number of hydrogen-bond donors (Lipinski definition) is 1. The van der Waals surface area contributed by atoms with Crippen molar-refractivity contribution in [1.29, 1.82) is 0 Å². The van der Waals surface area contributed by atoms with Crippen LogP contribution in [0.2, 0.25) is 0 Å². The molecule has 1 N–H and O–H groups in total. The number of allylic oxidation sites excluding steroid dienone is 4. The van der Waals surface area contributed by atoms with Crippen molar-refractivity contribution in [3.05, 3.63) is 66.0 Å². The van der Waals surface area contributed by atoms with Crippen LogP contribution in [0.5, 0.6) is 0 Å². The number of rotatable bonds is 10. The molecule has 0 aliphatic heterocycles. The Labute approximate surface area is 180 Å². The zero-order valence-electron chi connectivity index (χ0n) is 18.1. The molecule has 1 aromatic carbocycles. The molecule has 1 aromatic rings. The first-order valence-corrected chi connectivity index (χ1v) is 10.3. The summed E-state index contributed by atoms with van der Waals surface area (Å²) in [7, 11) is 0.638. The number of hydrogen-bond acceptors (Lipinski definition) is 5. The number of ketones is 1. The molecule has 1 radical (unpaired) electrons. The van der Waals surface area contributed by atoms with Gasteiger partial charge in [-0.15, -0.1) is 0 Å². The van der Waals surface area contributed by atoms with Gasteiger partial charge in [0, 0.05) is 12.8 Å². The Bertz CT molecular complexity index is 722. The van der Waals surface area contributed by atoms with Crippen LogP contribution in [-0.2, 0) is 19.0 Å². The van der Waals surface area contributed by atoms with Crippen LogP contribution in [0.3, 0.4) is 0 Å². The van der Waals surface area contributed by atoms with Crippen LogP contribution in [0.4, 0.5) is 0 Å². The highest BCUT2D eigenvalue weighted by molar-refractivity contribution is 6.16. The van der Waals surface area contributed by atoms with Gasteiger partial charge in [0.25, 0.3) is 0 Å². The second kappa shape index (κ2) is 15.3. The summed E-state index contributed by atoms with van der Waals surface area (Å²) >= 11 is 0. The molecular weight excluding hydrogens is 379 g/mol. The summed E-state index contributed by atoms with van der Waals surface area (Å²) in [6, 6.07) is 9.69. The van der Waals surface area contributed by atoms with E-state index in [9.17, 15) is 9.59 Å². The average Bonchev–Trinajstić information content (AvgIpc) is 3.02. The van der Waals surface area contributed by atoms with Crippen LogP contribution in [-0.4, -0.2) is 30.6 Å². The van der Waals surface area contributed by atoms with Crippen molar-refractivity contribution >= 4 is 25.5 Å². The maximum atomic E-state index is 11.5. The van der Waals surface area contributed by atoms with E-state index >= 15 is 0 Å². The lowest BCUT2D eigenvalue weighted by Crippen LogP contribution is -2.10. The lowest BCUT2D eigenvalue weighted by molar-refractivity contribution is -0.147. The molecule has 1 atom stereocenters. The molecule has 6 heteroatoms. The Hall–Kier alpha value is -2.60. The lowest BCUT2D eigenvalue weighted by Gasteiger charge is -2.06. The van der Waals surface area contributed by atoms with Gasteiger partial charge >= 0.3 is 13.7 Å². The fourth-order valence-corrected chi connectivity index (χ4v) is 2.83. The number of benzene rings is 1. The minimum Gasteiger partial charge on any atom is -0.543 e. The van der Waals surface area contributed by atoms with E-state index in [4.69, 9.17) is 9.76 Å². The molecule has 0 spiro atoms. The largest absolute Gasteiger partial charge is 0.569 e. The van der Waals surface area contributed by atoms with E-state index in [-0.39, 0.29) is 17.9 Å². The fraction of sp³-hybridized carbons (Fsp3) is 0.417. The molecule has 0 heterocycles. The summed E-state index contributed by atoms with van der Waals surface area (Å²) in [5, 5.41) is 8.15. The summed E-state index contributed by atoms with van der Waals surface area (Å²) in [4.78, 5) is 22.8. The number of ether oxygens (including phenoxy) is 1. The minimum atomic E-state index is -0.133. The van der Waals surface area contributed by atoms with E-state index in [1.807, 2.05) is 56.3 Å². The van der Waals surface area contributed by atoms with E-state index in [0.29, 0.717) is 26.4 Å². The normalized spacial score (nSPS) is 15.8. The Kier molecular flexibility index (Phi) is 13.0. The van der Waals surface area contributed by atoms with Crippen LogP contribution in [0, 0.1) is 5.92 Å². The molecule has 0 fully saturated rings. The van der Waals surface area contributed by atoms with Gasteiger partial charge in [-0.25, -0.2) is 0 Å². The molecular formula is C24H32BO5. The highest BCUT2D eigenvalue weighted by atomic mass is 16.5. The number of carbonyl (C=O) groups excluding carboxylic acids is 2. The molecule has 0 saturated heterocycles. The maximum absolute atomic E-state index is 11.5. The number of carbonyl (C=O) groups is 2. The Morgan fingerprint density at radius 1 is 1.27 bits per heavy atom. The summed E-state index contributed by atoms with van der Waals surface area (Å²) in [6.45, 7) is 5.77. The van der Waals surface area contributed by atoms with Gasteiger partial charge in [0.2, 0.25) is 0 Å². The molecule has 0 saturated carbocycles. The third-order valence-electron chi connectivity index (χ3n) is 4.17. The first kappa shape index (κ1) is 25.4. The molecule has 2 rings (SSSR count). The number of esters is 1. The van der Waals surface area contributed by atoms with Crippen molar-refractivity contribution in [3.8, 4) is 0 Å². The summed E-state index contributed by atoms with van der Waals surface area (Å²) in [6.07, 6.45) is 12.7. The van der Waals surface area contributed by atoms with Gasteiger partial charge in [-0.3, -0.25) is 9.59 Å². The van der Waals surface area contributed by atoms with Gasteiger partial charge in [-0.2, -0.15) is 0 Å². The smallest absolute Gasteiger partial charge is 0.543 e. The van der Waals surface area contributed by atoms with Crippen molar-refractivity contribution in [2.75, 3.05) is 0 Å². The van der Waals surface area contributed by atoms with Crippen molar-refractivity contribution in [2.24, 2.45) is 5.92 Å². The summed E-state index contributed by atoms with van der Waals surface area (Å²) < 4.78 is 9.53. The lowest BCUT2D eigenvalue weighted by atomic mass is 10.1. The molecule has 1 aliphatic carbocycles. The highest BCUT2D eigenvalue weighted by Gasteiger charge is 2.19. The molecule has 0 unspecified atom stereocenters. The van der Waals surface area contributed by atoms with Crippen LogP contribution in [0.1, 0.15) is 58.4 Å². The van der Waals surface area contributed by atoms with Crippen molar-refractivity contribution < 1.29 is 24.0 Å². The summed E-state index contributed by atoms with van der Waals surface area (Å²) in [5.41, 5.74) is 1.97. The van der Waals surface area contributed by atoms with Crippen LogP contribution >= 0.6 is 0 Å². The van der Waals surface area contributed by atoms with Gasteiger partial charge in [0.05, 0.1) is 12.4 Å². The first-order valence-electron chi connectivity index (χ1n) is 10.3. The summed E-state index contributed by atoms with van der Waals surface area (Å²) in [5.74, 6) is 0.533. The zero-order valence-corrected chi connectivity index (χ0v) is 18.1. The van der Waals surface area contributed by atoms with Crippen LogP contribution in [0.25, 0.3) is 6.08 Å². The third-order valence-corrected chi connectivity index (χ3v) is 4.17. The SMILES string of the molecule is CC(C)OC(=O)CCC/C=C\CC1=C[C@H](C)CC1=O.O[B]O/C=C/c1ccccc1. The van der Waals surface area contributed by atoms with Crippen LogP contribution in [0.15, 0.2) is 60.4 Å². The van der Waals surface area contributed by atoms with Gasteiger partial charge in [-0.05, 0) is 56.2 Å². The Morgan fingerprint density at radius 2 is 2.00 bits per heavy atom. The molecule has 0 bridgehead atoms. The zero-order chi connectivity index (χ0) is 22.2. The van der Waals surface area contributed by atoms with Crippen molar-refractivity contribution in [3.63, 3.8) is 0 Å². The van der Waals surface area contributed by atoms with E-state index in [1.165, 1.54) is 6.26 Å². The molecule has 30 heavy (non-hydrogen) atoms. The van der Waals surface area contributed by atoms with Crippen LogP contribution < -0.4 is 0 Å². The molecule has 161 valence electrons. The second-order valence-electron chi connectivity index (χ2n) is 7.36. The topological polar surface area (TPSA) is 72.8 Å². The van der Waals surface area contributed by atoms with E-state index in [2.05, 4.69) is 17.7 Å². The predicted molar refractivity (Wildman–Crippen MR) is 120 cm³/mol. The quantitative estimate of drug-likeness (QED) is 0.197. The molecule has 5 nitrogen and oxygen atoms in total. The van der Waals surface area contributed by atoms with E-state index < -0.39 is 0 Å². The number of unbranched alkanes of at least 4 members (excludes halogenated alkanes) is 1. The van der Waals surface area contributed by atoms with Gasteiger partial charge in [-0.1, -0.05) is 55.5 Å². The van der Waals surface area contributed by atoms with E-state index in [0.717, 1.165) is 30.4 Å². The standard InChI is InChI=1S/C16H24O3.C8H8BO2/c1-12(2)19-16(18)9-7-5-4-6-8-14-10-13(3)11-15(14)17;10-9-11-7-6-8-4-2-1-3-5-8/h4,6,10,12-13H,5,7-9,11H2,1-3H3;1-7,10H/b6-4-;7-6+/t13-;/m0./s1.